The molecule has 7 nitrogen and oxygen atoms in total. The SMILES string of the molecule is O=C(COC(=O)c1ccc2nccnc2c1)c1ccc(NC(=O)c2ccccc2)cc1. The Hall–Kier alpha value is -4.39. The lowest BCUT2D eigenvalue weighted by Gasteiger charge is -2.07. The number of ether oxygens (including phenoxy) is 1. The van der Waals surface area contributed by atoms with Crippen molar-refractivity contribution in [1.82, 2.24) is 9.97 Å². The molecule has 0 aliphatic heterocycles. The zero-order valence-corrected chi connectivity index (χ0v) is 16.3. The Labute approximate surface area is 177 Å². The van der Waals surface area contributed by atoms with Gasteiger partial charge in [-0.05, 0) is 54.6 Å². The van der Waals surface area contributed by atoms with Gasteiger partial charge in [-0.3, -0.25) is 19.6 Å². The molecule has 0 saturated heterocycles. The van der Waals surface area contributed by atoms with Crippen LogP contribution in [0.1, 0.15) is 31.1 Å². The Morgan fingerprint density at radius 2 is 1.42 bits per heavy atom. The van der Waals surface area contributed by atoms with Crippen LogP contribution in [0.15, 0.2) is 85.2 Å². The maximum Gasteiger partial charge on any atom is 0.338 e. The summed E-state index contributed by atoms with van der Waals surface area (Å²) in [5.41, 5.74) is 2.98. The Balaban J connectivity index is 1.35. The third-order valence-electron chi connectivity index (χ3n) is 4.54. The van der Waals surface area contributed by atoms with Crippen LogP contribution in [0, 0.1) is 0 Å². The number of ketones is 1. The van der Waals surface area contributed by atoms with E-state index in [1.165, 1.54) is 6.20 Å². The normalized spacial score (nSPS) is 10.5. The number of nitrogens with zero attached hydrogens (tertiary/aromatic N) is 2. The van der Waals surface area contributed by atoms with Crippen molar-refractivity contribution < 1.29 is 19.1 Å². The second-order valence-electron chi connectivity index (χ2n) is 6.66. The van der Waals surface area contributed by atoms with Gasteiger partial charge in [-0.25, -0.2) is 4.79 Å². The molecular weight excluding hydrogens is 394 g/mol. The Morgan fingerprint density at radius 1 is 0.742 bits per heavy atom. The van der Waals surface area contributed by atoms with Gasteiger partial charge in [0.1, 0.15) is 0 Å². The highest BCUT2D eigenvalue weighted by Crippen LogP contribution is 2.14. The minimum Gasteiger partial charge on any atom is -0.454 e. The summed E-state index contributed by atoms with van der Waals surface area (Å²) in [5.74, 6) is -1.21. The summed E-state index contributed by atoms with van der Waals surface area (Å²) >= 11 is 0. The molecule has 0 fully saturated rings. The van der Waals surface area contributed by atoms with Crippen molar-refractivity contribution in [3.8, 4) is 0 Å². The van der Waals surface area contributed by atoms with Gasteiger partial charge in [-0.2, -0.15) is 0 Å². The van der Waals surface area contributed by atoms with Crippen molar-refractivity contribution in [1.29, 1.82) is 0 Å². The van der Waals surface area contributed by atoms with Gasteiger partial charge in [-0.15, -0.1) is 0 Å². The number of esters is 1. The number of carbonyl (C=O) groups is 3. The molecule has 0 bridgehead atoms. The fourth-order valence-corrected chi connectivity index (χ4v) is 2.92. The Morgan fingerprint density at radius 3 is 2.16 bits per heavy atom. The third kappa shape index (κ3) is 4.79. The van der Waals surface area contributed by atoms with Gasteiger partial charge < -0.3 is 10.1 Å². The van der Waals surface area contributed by atoms with Crippen molar-refractivity contribution in [2.24, 2.45) is 0 Å². The van der Waals surface area contributed by atoms with Gasteiger partial charge in [0.2, 0.25) is 0 Å². The first-order valence-electron chi connectivity index (χ1n) is 9.48. The van der Waals surface area contributed by atoms with Gasteiger partial charge >= 0.3 is 5.97 Å². The number of anilines is 1. The molecule has 31 heavy (non-hydrogen) atoms. The number of aromatic nitrogens is 2. The molecule has 1 aromatic heterocycles. The molecule has 7 heteroatoms. The van der Waals surface area contributed by atoms with E-state index in [0.717, 1.165) is 0 Å². The number of hydrogen-bond donors (Lipinski definition) is 1. The van der Waals surface area contributed by atoms with Crippen molar-refractivity contribution in [3.63, 3.8) is 0 Å². The van der Waals surface area contributed by atoms with Crippen LogP contribution in [0.2, 0.25) is 0 Å². The maximum absolute atomic E-state index is 12.4. The molecule has 1 heterocycles. The van der Waals surface area contributed by atoms with Crippen LogP contribution < -0.4 is 5.32 Å². The Bertz CT molecular complexity index is 1250. The molecule has 1 N–H and O–H groups in total. The van der Waals surface area contributed by atoms with Crippen molar-refractivity contribution in [3.05, 3.63) is 102 Å². The number of amides is 1. The quantitative estimate of drug-likeness (QED) is 0.381. The molecule has 3 aromatic carbocycles. The molecule has 0 radical (unpaired) electrons. The average Bonchev–Trinajstić information content (AvgIpc) is 2.83. The number of nitrogens with one attached hydrogen (secondary N) is 1. The molecule has 1 amide bonds. The standard InChI is InChI=1S/C24H17N3O4/c28-22(15-31-24(30)18-8-11-20-21(14-18)26-13-12-25-20)16-6-9-19(10-7-16)27-23(29)17-4-2-1-3-5-17/h1-14H,15H2,(H,27,29). The van der Waals surface area contributed by atoms with Gasteiger partial charge in [0.05, 0.1) is 16.6 Å². The smallest absolute Gasteiger partial charge is 0.338 e. The molecule has 4 rings (SSSR count). The summed E-state index contributed by atoms with van der Waals surface area (Å²) in [4.78, 5) is 45.1. The van der Waals surface area contributed by atoms with E-state index in [0.29, 0.717) is 33.4 Å². The second kappa shape index (κ2) is 8.96. The van der Waals surface area contributed by atoms with Gasteiger partial charge in [0.25, 0.3) is 5.91 Å². The van der Waals surface area contributed by atoms with Crippen molar-refractivity contribution >= 4 is 34.4 Å². The summed E-state index contributed by atoms with van der Waals surface area (Å²) in [6.45, 7) is -0.396. The van der Waals surface area contributed by atoms with E-state index in [-0.39, 0.29) is 11.7 Å². The Kier molecular flexibility index (Phi) is 5.75. The van der Waals surface area contributed by atoms with E-state index in [1.807, 2.05) is 6.07 Å². The highest BCUT2D eigenvalue weighted by atomic mass is 16.5. The molecule has 0 aliphatic rings. The lowest BCUT2D eigenvalue weighted by atomic mass is 10.1. The van der Waals surface area contributed by atoms with Crippen molar-refractivity contribution in [2.45, 2.75) is 0 Å². The highest BCUT2D eigenvalue weighted by Gasteiger charge is 2.13. The predicted molar refractivity (Wildman–Crippen MR) is 115 cm³/mol. The highest BCUT2D eigenvalue weighted by molar-refractivity contribution is 6.05. The number of Topliss-reactive ketones (excluding diaryl/α,β-unsaturated/α-hetero) is 1. The lowest BCUT2D eigenvalue weighted by Crippen LogP contribution is -2.15. The van der Waals surface area contributed by atoms with Gasteiger partial charge in [0.15, 0.2) is 12.4 Å². The first-order valence-corrected chi connectivity index (χ1v) is 9.48. The molecule has 0 atom stereocenters. The zero-order valence-electron chi connectivity index (χ0n) is 16.3. The molecule has 4 aromatic rings. The van der Waals surface area contributed by atoms with Crippen LogP contribution in [-0.4, -0.2) is 34.2 Å². The van der Waals surface area contributed by atoms with E-state index in [4.69, 9.17) is 4.74 Å². The molecule has 0 spiro atoms. The van der Waals surface area contributed by atoms with Gasteiger partial charge in [0, 0.05) is 29.2 Å². The van der Waals surface area contributed by atoms with Crippen molar-refractivity contribution in [2.75, 3.05) is 11.9 Å². The molecule has 0 unspecified atom stereocenters. The van der Waals surface area contributed by atoms with Crippen LogP contribution in [0.5, 0.6) is 0 Å². The monoisotopic (exact) mass is 411 g/mol. The van der Waals surface area contributed by atoms with Crippen LogP contribution in [0.4, 0.5) is 5.69 Å². The number of hydrogen-bond acceptors (Lipinski definition) is 6. The fraction of sp³-hybridized carbons (Fsp3) is 0.0417. The number of rotatable bonds is 6. The molecule has 0 saturated carbocycles. The van der Waals surface area contributed by atoms with E-state index in [9.17, 15) is 14.4 Å². The van der Waals surface area contributed by atoms with E-state index < -0.39 is 12.6 Å². The summed E-state index contributed by atoms with van der Waals surface area (Å²) in [6.07, 6.45) is 3.10. The molecule has 152 valence electrons. The summed E-state index contributed by atoms with van der Waals surface area (Å²) in [5, 5.41) is 2.76. The minimum absolute atomic E-state index is 0.242. The third-order valence-corrected chi connectivity index (χ3v) is 4.54. The first-order chi connectivity index (χ1) is 15.1. The lowest BCUT2D eigenvalue weighted by molar-refractivity contribution is 0.0475. The minimum atomic E-state index is -0.618. The van der Waals surface area contributed by atoms with E-state index >= 15 is 0 Å². The second-order valence-corrected chi connectivity index (χ2v) is 6.66. The zero-order chi connectivity index (χ0) is 21.6. The summed E-state index contributed by atoms with van der Waals surface area (Å²) in [7, 11) is 0. The number of benzene rings is 3. The molecule has 0 aliphatic carbocycles. The number of fused-ring (bicyclic) bond motifs is 1. The van der Waals surface area contributed by atoms with Gasteiger partial charge in [-0.1, -0.05) is 18.2 Å². The van der Waals surface area contributed by atoms with Crippen LogP contribution in [0.3, 0.4) is 0 Å². The number of carbonyl (C=O) groups excluding carboxylic acids is 3. The average molecular weight is 411 g/mol. The van der Waals surface area contributed by atoms with Crippen LogP contribution in [0.25, 0.3) is 11.0 Å². The topological polar surface area (TPSA) is 98.2 Å². The van der Waals surface area contributed by atoms with Crippen LogP contribution >= 0.6 is 0 Å². The maximum atomic E-state index is 12.4. The summed E-state index contributed by atoms with van der Waals surface area (Å²) < 4.78 is 5.14. The van der Waals surface area contributed by atoms with E-state index in [1.54, 1.807) is 72.9 Å². The van der Waals surface area contributed by atoms with Crippen LogP contribution in [-0.2, 0) is 4.74 Å². The van der Waals surface area contributed by atoms with E-state index in [2.05, 4.69) is 15.3 Å². The summed E-state index contributed by atoms with van der Waals surface area (Å²) in [6, 6.07) is 20.0. The fourth-order valence-electron chi connectivity index (χ4n) is 2.92. The first kappa shape index (κ1) is 19.9. The molecular formula is C24H17N3O4. The predicted octanol–water partition coefficient (Wildman–Crippen LogP) is 3.92. The largest absolute Gasteiger partial charge is 0.454 e.